The second-order valence-corrected chi connectivity index (χ2v) is 11.3. The average molecular weight is 599 g/mol. The van der Waals surface area contributed by atoms with Gasteiger partial charge in [-0.3, -0.25) is 14.5 Å². The normalized spacial score (nSPS) is 26.8. The quantitative estimate of drug-likeness (QED) is 0.449. The number of ether oxygens (including phenoxy) is 3. The molecular formula is C28H31F5N4O5. The maximum Gasteiger partial charge on any atom is 0.417 e. The zero-order valence-electron chi connectivity index (χ0n) is 23.2. The first kappa shape index (κ1) is 30.1. The molecule has 3 fully saturated rings. The Balaban J connectivity index is 1.41. The van der Waals surface area contributed by atoms with Crippen LogP contribution in [0.2, 0.25) is 0 Å². The molecule has 0 bridgehead atoms. The van der Waals surface area contributed by atoms with E-state index >= 15 is 4.39 Å². The van der Waals surface area contributed by atoms with Crippen LogP contribution in [-0.2, 0) is 14.3 Å². The molecule has 228 valence electrons. The molecule has 4 atom stereocenters. The minimum Gasteiger partial charge on any atom is -0.489 e. The predicted octanol–water partition coefficient (Wildman–Crippen LogP) is 3.51. The molecule has 5 rings (SSSR count). The van der Waals surface area contributed by atoms with Gasteiger partial charge < -0.3 is 24.8 Å². The highest BCUT2D eigenvalue weighted by Crippen LogP contribution is 2.55. The van der Waals surface area contributed by atoms with Gasteiger partial charge in [0.05, 0.1) is 25.1 Å². The Morgan fingerprint density at radius 2 is 1.88 bits per heavy atom. The van der Waals surface area contributed by atoms with Crippen LogP contribution in [0.15, 0.2) is 30.5 Å². The van der Waals surface area contributed by atoms with Gasteiger partial charge in [0, 0.05) is 49.5 Å². The fraction of sp³-hybridized carbons (Fsp3) is 0.536. The maximum absolute atomic E-state index is 15.1. The SMILES string of the molecule is CNC(=O)c1ccc(NC(=O)[C@@H]2O[C@@](C)(C(F)(F)F)[C@@H](C)[C@H]2c2ccc(F)c(F)c2OCCN2CC3(COC3)C2)cn1. The summed E-state index contributed by atoms with van der Waals surface area (Å²) in [5, 5.41) is 4.86. The number of hydrogen-bond donors (Lipinski definition) is 2. The van der Waals surface area contributed by atoms with Gasteiger partial charge in [0.1, 0.15) is 18.4 Å². The Hall–Kier alpha value is -3.36. The molecule has 4 heterocycles. The van der Waals surface area contributed by atoms with Crippen molar-refractivity contribution < 1.29 is 45.8 Å². The van der Waals surface area contributed by atoms with Crippen molar-refractivity contribution in [2.75, 3.05) is 51.8 Å². The standard InChI is InChI=1S/C28H31F5N4O5/c1-15-20(17-5-6-18(29)21(30)22(17)41-9-8-37-11-27(12-37)13-40-14-27)23(42-26(15,2)28(31,32)33)25(39)36-16-4-7-19(35-10-16)24(38)34-3/h4-7,10,15,20,23H,8-9,11-14H2,1-3H3,(H,34,38)(H,36,39)/t15-,20-,23+,26+/m0/s1. The number of rotatable bonds is 8. The number of likely N-dealkylation sites (tertiary alicyclic amines) is 1. The first-order valence-electron chi connectivity index (χ1n) is 13.4. The van der Waals surface area contributed by atoms with E-state index in [4.69, 9.17) is 14.2 Å². The Bertz CT molecular complexity index is 1350. The van der Waals surface area contributed by atoms with Gasteiger partial charge in [0.15, 0.2) is 17.2 Å². The number of nitrogens with one attached hydrogen (secondary N) is 2. The fourth-order valence-corrected chi connectivity index (χ4v) is 5.83. The molecule has 14 heteroatoms. The number of benzene rings is 1. The molecule has 1 spiro atoms. The van der Waals surface area contributed by atoms with Gasteiger partial charge in [-0.05, 0) is 25.1 Å². The van der Waals surface area contributed by atoms with Crippen molar-refractivity contribution in [2.24, 2.45) is 11.3 Å². The maximum atomic E-state index is 15.1. The molecule has 0 saturated carbocycles. The lowest BCUT2D eigenvalue weighted by atomic mass is 9.77. The van der Waals surface area contributed by atoms with Gasteiger partial charge in [0.25, 0.3) is 11.8 Å². The van der Waals surface area contributed by atoms with Crippen LogP contribution in [0, 0.1) is 23.0 Å². The molecule has 2 aromatic rings. The number of alkyl halides is 3. The smallest absolute Gasteiger partial charge is 0.417 e. The highest BCUT2D eigenvalue weighted by Gasteiger charge is 2.66. The second-order valence-electron chi connectivity index (χ2n) is 11.3. The van der Waals surface area contributed by atoms with E-state index in [2.05, 4.69) is 20.5 Å². The highest BCUT2D eigenvalue weighted by atomic mass is 19.4. The third-order valence-corrected chi connectivity index (χ3v) is 8.45. The van der Waals surface area contributed by atoms with Crippen molar-refractivity contribution in [3.63, 3.8) is 0 Å². The summed E-state index contributed by atoms with van der Waals surface area (Å²) < 4.78 is 88.7. The second kappa shape index (κ2) is 11.0. The molecule has 42 heavy (non-hydrogen) atoms. The molecule has 0 unspecified atom stereocenters. The largest absolute Gasteiger partial charge is 0.489 e. The number of carbonyl (C=O) groups is 2. The van der Waals surface area contributed by atoms with E-state index in [0.29, 0.717) is 19.8 Å². The van der Waals surface area contributed by atoms with Gasteiger partial charge in [-0.25, -0.2) is 9.37 Å². The lowest BCUT2D eigenvalue weighted by molar-refractivity contribution is -0.272. The van der Waals surface area contributed by atoms with Crippen LogP contribution >= 0.6 is 0 Å². The predicted molar refractivity (Wildman–Crippen MR) is 139 cm³/mol. The summed E-state index contributed by atoms with van der Waals surface area (Å²) in [6.07, 6.45) is -5.48. The van der Waals surface area contributed by atoms with Gasteiger partial charge in [-0.2, -0.15) is 17.6 Å². The van der Waals surface area contributed by atoms with E-state index in [1.165, 1.54) is 32.3 Å². The zero-order valence-corrected chi connectivity index (χ0v) is 23.2. The van der Waals surface area contributed by atoms with Crippen LogP contribution in [0.4, 0.5) is 27.6 Å². The summed E-state index contributed by atoms with van der Waals surface area (Å²) in [4.78, 5) is 31.1. The Labute approximate surface area is 238 Å². The van der Waals surface area contributed by atoms with E-state index in [-0.39, 0.29) is 29.0 Å². The number of anilines is 1. The average Bonchev–Trinajstić information content (AvgIpc) is 3.18. The van der Waals surface area contributed by atoms with Crippen LogP contribution < -0.4 is 15.4 Å². The van der Waals surface area contributed by atoms with Crippen molar-refractivity contribution in [2.45, 2.75) is 37.6 Å². The number of pyridine rings is 1. The monoisotopic (exact) mass is 598 g/mol. The molecular weight excluding hydrogens is 567 g/mol. The van der Waals surface area contributed by atoms with E-state index in [0.717, 1.165) is 32.1 Å². The first-order chi connectivity index (χ1) is 19.8. The Morgan fingerprint density at radius 3 is 2.45 bits per heavy atom. The van der Waals surface area contributed by atoms with Crippen LogP contribution in [0.5, 0.6) is 5.75 Å². The van der Waals surface area contributed by atoms with E-state index < -0.39 is 58.9 Å². The summed E-state index contributed by atoms with van der Waals surface area (Å²) in [5.41, 5.74) is -2.63. The van der Waals surface area contributed by atoms with Crippen LogP contribution in [0.3, 0.4) is 0 Å². The molecule has 3 saturated heterocycles. The Morgan fingerprint density at radius 1 is 1.17 bits per heavy atom. The van der Waals surface area contributed by atoms with Crippen molar-refractivity contribution in [1.29, 1.82) is 0 Å². The van der Waals surface area contributed by atoms with E-state index in [1.54, 1.807) is 0 Å². The van der Waals surface area contributed by atoms with Crippen molar-refractivity contribution in [3.05, 3.63) is 53.4 Å². The molecule has 9 nitrogen and oxygen atoms in total. The highest BCUT2D eigenvalue weighted by molar-refractivity contribution is 5.96. The molecule has 1 aromatic carbocycles. The lowest BCUT2D eigenvalue weighted by Gasteiger charge is -2.55. The van der Waals surface area contributed by atoms with Crippen molar-refractivity contribution in [1.82, 2.24) is 15.2 Å². The van der Waals surface area contributed by atoms with Gasteiger partial charge >= 0.3 is 6.18 Å². The number of nitrogens with zero attached hydrogens (tertiary/aromatic N) is 2. The number of halogens is 5. The van der Waals surface area contributed by atoms with Crippen molar-refractivity contribution in [3.8, 4) is 5.75 Å². The fourth-order valence-electron chi connectivity index (χ4n) is 5.83. The van der Waals surface area contributed by atoms with E-state index in [1.807, 2.05) is 0 Å². The van der Waals surface area contributed by atoms with Crippen LogP contribution in [0.1, 0.15) is 35.8 Å². The third-order valence-electron chi connectivity index (χ3n) is 8.45. The molecule has 1 aromatic heterocycles. The number of hydrogen-bond acceptors (Lipinski definition) is 7. The number of carbonyl (C=O) groups excluding carboxylic acids is 2. The van der Waals surface area contributed by atoms with Crippen LogP contribution in [0.25, 0.3) is 0 Å². The third kappa shape index (κ3) is 5.31. The summed E-state index contributed by atoms with van der Waals surface area (Å²) in [6, 6.07) is 4.60. The minimum absolute atomic E-state index is 0.0526. The number of aromatic nitrogens is 1. The van der Waals surface area contributed by atoms with Gasteiger partial charge in [-0.15, -0.1) is 0 Å². The molecule has 3 aliphatic rings. The minimum atomic E-state index is -4.89. The number of amides is 2. The summed E-state index contributed by atoms with van der Waals surface area (Å²) in [5.74, 6) is -7.35. The summed E-state index contributed by atoms with van der Waals surface area (Å²) in [7, 11) is 1.41. The zero-order chi connectivity index (χ0) is 30.4. The summed E-state index contributed by atoms with van der Waals surface area (Å²) >= 11 is 0. The molecule has 0 aliphatic carbocycles. The van der Waals surface area contributed by atoms with Gasteiger partial charge in [-0.1, -0.05) is 13.0 Å². The first-order valence-corrected chi connectivity index (χ1v) is 13.4. The topological polar surface area (TPSA) is 102 Å². The lowest BCUT2D eigenvalue weighted by Crippen LogP contribution is -2.66. The molecule has 0 radical (unpaired) electrons. The molecule has 3 aliphatic heterocycles. The van der Waals surface area contributed by atoms with Crippen molar-refractivity contribution >= 4 is 17.5 Å². The van der Waals surface area contributed by atoms with E-state index in [9.17, 15) is 27.2 Å². The molecule has 2 N–H and O–H groups in total. The van der Waals surface area contributed by atoms with Gasteiger partial charge in [0.2, 0.25) is 5.82 Å². The van der Waals surface area contributed by atoms with Crippen LogP contribution in [-0.4, -0.2) is 86.1 Å². The Kier molecular flexibility index (Phi) is 7.92. The molecule has 2 amide bonds. The summed E-state index contributed by atoms with van der Waals surface area (Å²) in [6.45, 7) is 5.28.